The van der Waals surface area contributed by atoms with Crippen molar-refractivity contribution >= 4 is 28.8 Å². The largest absolute Gasteiger partial charge is 0.497 e. The van der Waals surface area contributed by atoms with Crippen molar-refractivity contribution < 1.29 is 23.8 Å². The number of thioether (sulfide) groups is 1. The number of methoxy groups -OCH3 is 2. The number of nitrogens with one attached hydrogen (secondary N) is 1. The van der Waals surface area contributed by atoms with Crippen LogP contribution in [0, 0.1) is 0 Å². The monoisotopic (exact) mass is 507 g/mol. The molecule has 9 heteroatoms. The second-order valence-corrected chi connectivity index (χ2v) is 9.03. The van der Waals surface area contributed by atoms with Crippen LogP contribution < -0.4 is 14.8 Å². The summed E-state index contributed by atoms with van der Waals surface area (Å²) in [5.41, 5.74) is 3.32. The van der Waals surface area contributed by atoms with Crippen molar-refractivity contribution in [1.82, 2.24) is 10.2 Å². The Morgan fingerprint density at radius 2 is 1.89 bits per heavy atom. The number of hydrogen-bond donors (Lipinski definition) is 1. The average Bonchev–Trinajstić information content (AvgIpc) is 3.28. The standard InChI is InChI=1S/C27H29N3O5S/c1-5-28-23(31)13-19-16-36-27-29-17(2)24(26(32)35-15-18-9-7-6-8-10-18)25(30(19)27)21-12-11-20(33-3)14-22(21)34-4/h6-12,14,16,25H,5,13,15H2,1-4H3,(H,28,31). The number of amidine groups is 1. The number of nitrogens with zero attached hydrogens (tertiary/aromatic N) is 2. The molecule has 1 atom stereocenters. The number of ether oxygens (including phenoxy) is 3. The average molecular weight is 508 g/mol. The van der Waals surface area contributed by atoms with Crippen LogP contribution in [0.15, 0.2) is 75.9 Å². The smallest absolute Gasteiger partial charge is 0.338 e. The summed E-state index contributed by atoms with van der Waals surface area (Å²) in [5.74, 6) is 0.598. The third kappa shape index (κ3) is 5.26. The lowest BCUT2D eigenvalue weighted by molar-refractivity contribution is -0.141. The summed E-state index contributed by atoms with van der Waals surface area (Å²) in [6.07, 6.45) is 0.153. The van der Waals surface area contributed by atoms with Crippen molar-refractivity contribution in [3.8, 4) is 11.5 Å². The van der Waals surface area contributed by atoms with Crippen molar-refractivity contribution in [2.24, 2.45) is 4.99 Å². The quantitative estimate of drug-likeness (QED) is 0.498. The maximum atomic E-state index is 13.6. The Kier molecular flexibility index (Phi) is 8.00. The second kappa shape index (κ2) is 11.3. The van der Waals surface area contributed by atoms with Gasteiger partial charge in [-0.1, -0.05) is 42.1 Å². The van der Waals surface area contributed by atoms with Crippen LogP contribution in [0.4, 0.5) is 0 Å². The topological polar surface area (TPSA) is 89.5 Å². The second-order valence-electron chi connectivity index (χ2n) is 8.19. The van der Waals surface area contributed by atoms with Gasteiger partial charge in [0.25, 0.3) is 0 Å². The van der Waals surface area contributed by atoms with Crippen molar-refractivity contribution in [2.45, 2.75) is 32.9 Å². The molecule has 0 aromatic heterocycles. The molecule has 1 amide bonds. The fourth-order valence-electron chi connectivity index (χ4n) is 4.19. The highest BCUT2D eigenvalue weighted by atomic mass is 32.2. The van der Waals surface area contributed by atoms with Crippen LogP contribution in [0.2, 0.25) is 0 Å². The fraction of sp³-hybridized carbons (Fsp3) is 0.296. The molecule has 2 heterocycles. The van der Waals surface area contributed by atoms with Gasteiger partial charge in [-0.2, -0.15) is 0 Å². The number of esters is 1. The third-order valence-electron chi connectivity index (χ3n) is 5.88. The van der Waals surface area contributed by atoms with Gasteiger partial charge in [-0.15, -0.1) is 0 Å². The number of rotatable bonds is 9. The van der Waals surface area contributed by atoms with E-state index >= 15 is 0 Å². The first-order valence-corrected chi connectivity index (χ1v) is 12.5. The number of carbonyl (C=O) groups is 2. The molecule has 0 saturated carbocycles. The van der Waals surface area contributed by atoms with E-state index in [1.54, 1.807) is 27.2 Å². The fourth-order valence-corrected chi connectivity index (χ4v) is 5.16. The molecule has 188 valence electrons. The van der Waals surface area contributed by atoms with Gasteiger partial charge in [0.15, 0.2) is 5.17 Å². The molecule has 2 aromatic carbocycles. The first kappa shape index (κ1) is 25.4. The Morgan fingerprint density at radius 1 is 1.11 bits per heavy atom. The van der Waals surface area contributed by atoms with Crippen LogP contribution in [0.5, 0.6) is 11.5 Å². The molecule has 2 aromatic rings. The molecule has 2 aliphatic heterocycles. The minimum atomic E-state index is -0.600. The highest BCUT2D eigenvalue weighted by Gasteiger charge is 2.42. The number of carbonyl (C=O) groups excluding carboxylic acids is 2. The maximum Gasteiger partial charge on any atom is 0.338 e. The van der Waals surface area contributed by atoms with Gasteiger partial charge in [0.05, 0.1) is 38.0 Å². The van der Waals surface area contributed by atoms with Gasteiger partial charge in [0.2, 0.25) is 5.91 Å². The normalized spacial score (nSPS) is 16.7. The molecule has 0 saturated heterocycles. The van der Waals surface area contributed by atoms with Crippen LogP contribution in [-0.2, 0) is 20.9 Å². The summed E-state index contributed by atoms with van der Waals surface area (Å²) in [6.45, 7) is 4.35. The van der Waals surface area contributed by atoms with Crippen molar-refractivity contribution in [1.29, 1.82) is 0 Å². The molecule has 36 heavy (non-hydrogen) atoms. The van der Waals surface area contributed by atoms with Gasteiger partial charge < -0.3 is 24.4 Å². The number of amides is 1. The zero-order chi connectivity index (χ0) is 25.7. The molecule has 4 rings (SSSR count). The van der Waals surface area contributed by atoms with Crippen LogP contribution in [0.1, 0.15) is 37.4 Å². The van der Waals surface area contributed by atoms with Crippen molar-refractivity contribution in [3.05, 3.63) is 82.0 Å². The lowest BCUT2D eigenvalue weighted by atomic mass is 9.93. The first-order chi connectivity index (χ1) is 17.5. The molecule has 8 nitrogen and oxygen atoms in total. The number of allylic oxidation sites excluding steroid dienone is 1. The first-order valence-electron chi connectivity index (χ1n) is 11.6. The SMILES string of the molecule is CCNC(=O)CC1=CSC2=NC(C)=C(C(=O)OCc3ccccc3)C(c3ccc(OC)cc3OC)N12. The molecule has 0 radical (unpaired) electrons. The number of benzene rings is 2. The summed E-state index contributed by atoms with van der Waals surface area (Å²) in [4.78, 5) is 32.7. The van der Waals surface area contributed by atoms with E-state index in [0.717, 1.165) is 16.8 Å². The summed E-state index contributed by atoms with van der Waals surface area (Å²) in [6, 6.07) is 14.4. The van der Waals surface area contributed by atoms with Crippen molar-refractivity contribution in [3.63, 3.8) is 0 Å². The van der Waals surface area contributed by atoms with E-state index in [4.69, 9.17) is 19.2 Å². The highest BCUT2D eigenvalue weighted by Crippen LogP contribution is 2.47. The lowest BCUT2D eigenvalue weighted by Crippen LogP contribution is -2.38. The van der Waals surface area contributed by atoms with Gasteiger partial charge in [0, 0.05) is 23.9 Å². The Bertz CT molecular complexity index is 1240. The van der Waals surface area contributed by atoms with E-state index in [1.807, 2.05) is 59.7 Å². The Hall–Kier alpha value is -3.72. The van der Waals surface area contributed by atoms with Crippen LogP contribution in [-0.4, -0.2) is 42.7 Å². The van der Waals surface area contributed by atoms with Gasteiger partial charge in [0.1, 0.15) is 18.1 Å². The number of aliphatic imine (C=N–C) groups is 1. The zero-order valence-electron chi connectivity index (χ0n) is 20.7. The summed E-state index contributed by atoms with van der Waals surface area (Å²) >= 11 is 1.42. The number of hydrogen-bond acceptors (Lipinski definition) is 8. The van der Waals surface area contributed by atoms with Crippen LogP contribution in [0.25, 0.3) is 0 Å². The Labute approximate surface area is 215 Å². The van der Waals surface area contributed by atoms with E-state index in [1.165, 1.54) is 11.8 Å². The molecular weight excluding hydrogens is 478 g/mol. The van der Waals surface area contributed by atoms with Gasteiger partial charge in [-0.25, -0.2) is 9.79 Å². The summed E-state index contributed by atoms with van der Waals surface area (Å²) < 4.78 is 16.8. The van der Waals surface area contributed by atoms with E-state index < -0.39 is 12.0 Å². The van der Waals surface area contributed by atoms with Gasteiger partial charge in [-0.05, 0) is 37.0 Å². The minimum absolute atomic E-state index is 0.106. The predicted molar refractivity (Wildman–Crippen MR) is 139 cm³/mol. The molecular formula is C27H29N3O5S. The van der Waals surface area contributed by atoms with Gasteiger partial charge in [-0.3, -0.25) is 4.79 Å². The van der Waals surface area contributed by atoms with Crippen LogP contribution >= 0.6 is 11.8 Å². The van der Waals surface area contributed by atoms with E-state index in [0.29, 0.717) is 34.5 Å². The Balaban J connectivity index is 1.75. The molecule has 0 bridgehead atoms. The van der Waals surface area contributed by atoms with E-state index in [-0.39, 0.29) is 18.9 Å². The third-order valence-corrected chi connectivity index (χ3v) is 6.77. The van der Waals surface area contributed by atoms with Crippen LogP contribution in [0.3, 0.4) is 0 Å². The molecule has 2 aliphatic rings. The zero-order valence-corrected chi connectivity index (χ0v) is 21.6. The van der Waals surface area contributed by atoms with Crippen molar-refractivity contribution in [2.75, 3.05) is 20.8 Å². The lowest BCUT2D eigenvalue weighted by Gasteiger charge is -2.36. The summed E-state index contributed by atoms with van der Waals surface area (Å²) in [7, 11) is 3.16. The predicted octanol–water partition coefficient (Wildman–Crippen LogP) is 4.55. The Morgan fingerprint density at radius 3 is 2.58 bits per heavy atom. The molecule has 0 fully saturated rings. The van der Waals surface area contributed by atoms with E-state index in [9.17, 15) is 9.59 Å². The molecule has 1 unspecified atom stereocenters. The van der Waals surface area contributed by atoms with Gasteiger partial charge >= 0.3 is 5.97 Å². The molecule has 0 aliphatic carbocycles. The highest BCUT2D eigenvalue weighted by molar-refractivity contribution is 8.16. The molecule has 0 spiro atoms. The summed E-state index contributed by atoms with van der Waals surface area (Å²) in [5, 5.41) is 5.44. The maximum absolute atomic E-state index is 13.6. The minimum Gasteiger partial charge on any atom is -0.497 e. The molecule has 1 N–H and O–H groups in total. The van der Waals surface area contributed by atoms with E-state index in [2.05, 4.69) is 5.32 Å². The number of fused-ring (bicyclic) bond motifs is 1.